The third-order valence-corrected chi connectivity index (χ3v) is 4.11. The highest BCUT2D eigenvalue weighted by atomic mass is 16.6. The van der Waals surface area contributed by atoms with Crippen LogP contribution in [0, 0.1) is 5.92 Å². The van der Waals surface area contributed by atoms with E-state index in [9.17, 15) is 4.79 Å². The van der Waals surface area contributed by atoms with Crippen molar-refractivity contribution in [3.05, 3.63) is 35.4 Å². The van der Waals surface area contributed by atoms with E-state index >= 15 is 0 Å². The van der Waals surface area contributed by atoms with Crippen molar-refractivity contribution >= 4 is 6.09 Å². The molecule has 4 nitrogen and oxygen atoms in total. The number of ether oxygens (including phenoxy) is 1. The van der Waals surface area contributed by atoms with E-state index in [1.54, 1.807) is 0 Å². The summed E-state index contributed by atoms with van der Waals surface area (Å²) in [4.78, 5) is 14.2. The lowest BCUT2D eigenvalue weighted by atomic mass is 9.98. The van der Waals surface area contributed by atoms with E-state index in [0.29, 0.717) is 6.54 Å². The predicted molar refractivity (Wildman–Crippen MR) is 93.2 cm³/mol. The van der Waals surface area contributed by atoms with Gasteiger partial charge in [0.2, 0.25) is 0 Å². The molecule has 1 fully saturated rings. The number of benzene rings is 1. The number of alkyl carbamates (subject to hydrolysis) is 1. The van der Waals surface area contributed by atoms with Crippen molar-refractivity contribution in [2.45, 2.75) is 59.2 Å². The van der Waals surface area contributed by atoms with Gasteiger partial charge in [0.25, 0.3) is 0 Å². The number of hydrogen-bond acceptors (Lipinski definition) is 3. The van der Waals surface area contributed by atoms with Gasteiger partial charge in [0, 0.05) is 13.1 Å². The Balaban J connectivity index is 1.83. The second-order valence-electron chi connectivity index (χ2n) is 7.63. The lowest BCUT2D eigenvalue weighted by Crippen LogP contribution is -2.32. The largest absolute Gasteiger partial charge is 0.444 e. The minimum atomic E-state index is -0.461. The lowest BCUT2D eigenvalue weighted by Gasteiger charge is -2.30. The number of rotatable bonds is 4. The maximum Gasteiger partial charge on any atom is 0.407 e. The van der Waals surface area contributed by atoms with Crippen LogP contribution in [0.3, 0.4) is 0 Å². The van der Waals surface area contributed by atoms with E-state index in [0.717, 1.165) is 18.0 Å². The Morgan fingerprint density at radius 3 is 2.57 bits per heavy atom. The molecule has 1 amide bonds. The Labute approximate surface area is 140 Å². The zero-order valence-electron chi connectivity index (χ0n) is 14.9. The molecule has 1 aliphatic heterocycles. The van der Waals surface area contributed by atoms with Crippen LogP contribution in [-0.4, -0.2) is 29.7 Å². The molecule has 2 rings (SSSR count). The Bertz CT molecular complexity index is 514. The normalized spacial score (nSPS) is 17.0. The van der Waals surface area contributed by atoms with Crippen molar-refractivity contribution in [1.29, 1.82) is 0 Å². The van der Waals surface area contributed by atoms with E-state index < -0.39 is 5.60 Å². The molecule has 0 aromatic heterocycles. The Morgan fingerprint density at radius 1 is 1.26 bits per heavy atom. The fraction of sp³-hybridized carbons (Fsp3) is 0.632. The summed E-state index contributed by atoms with van der Waals surface area (Å²) in [5, 5.41) is 2.82. The molecule has 0 saturated carbocycles. The molecule has 1 saturated heterocycles. The summed E-state index contributed by atoms with van der Waals surface area (Å²) in [7, 11) is 0. The van der Waals surface area contributed by atoms with Crippen LogP contribution >= 0.6 is 0 Å². The van der Waals surface area contributed by atoms with Crippen LogP contribution in [0.1, 0.15) is 51.7 Å². The summed E-state index contributed by atoms with van der Waals surface area (Å²) in [6, 6.07) is 8.44. The van der Waals surface area contributed by atoms with Crippen LogP contribution in [0.4, 0.5) is 4.79 Å². The van der Waals surface area contributed by atoms with Gasteiger partial charge in [0.05, 0.1) is 0 Å². The monoisotopic (exact) mass is 318 g/mol. The van der Waals surface area contributed by atoms with E-state index in [1.165, 1.54) is 31.5 Å². The molecule has 1 aromatic carbocycles. The third-order valence-electron chi connectivity index (χ3n) is 4.11. The van der Waals surface area contributed by atoms with Gasteiger partial charge in [-0.05, 0) is 63.7 Å². The molecule has 0 unspecified atom stereocenters. The second kappa shape index (κ2) is 7.82. The number of piperidine rings is 1. The SMILES string of the molecule is CC1CCN(Cc2cccc(CNC(=O)OC(C)(C)C)c2)CC1. The van der Waals surface area contributed by atoms with Gasteiger partial charge in [-0.1, -0.05) is 31.2 Å². The maximum atomic E-state index is 11.7. The highest BCUT2D eigenvalue weighted by Crippen LogP contribution is 2.18. The number of carbonyl (C=O) groups excluding carboxylic acids is 1. The van der Waals surface area contributed by atoms with E-state index in [2.05, 4.69) is 35.3 Å². The smallest absolute Gasteiger partial charge is 0.407 e. The first-order chi connectivity index (χ1) is 10.8. The fourth-order valence-electron chi connectivity index (χ4n) is 2.80. The molecule has 128 valence electrons. The molecule has 23 heavy (non-hydrogen) atoms. The molecule has 0 radical (unpaired) electrons. The molecular formula is C19H30N2O2. The first-order valence-corrected chi connectivity index (χ1v) is 8.59. The number of hydrogen-bond donors (Lipinski definition) is 1. The van der Waals surface area contributed by atoms with Gasteiger partial charge in [0.1, 0.15) is 5.60 Å². The average Bonchev–Trinajstić information content (AvgIpc) is 2.46. The van der Waals surface area contributed by atoms with Crippen LogP contribution < -0.4 is 5.32 Å². The molecule has 0 bridgehead atoms. The van der Waals surface area contributed by atoms with Crippen molar-refractivity contribution in [2.75, 3.05) is 13.1 Å². The Hall–Kier alpha value is -1.55. The first kappa shape index (κ1) is 17.8. The summed E-state index contributed by atoms with van der Waals surface area (Å²) >= 11 is 0. The highest BCUT2D eigenvalue weighted by molar-refractivity contribution is 5.67. The topological polar surface area (TPSA) is 41.6 Å². The summed E-state index contributed by atoms with van der Waals surface area (Å²) < 4.78 is 5.26. The van der Waals surface area contributed by atoms with Crippen molar-refractivity contribution in [3.63, 3.8) is 0 Å². The van der Waals surface area contributed by atoms with Gasteiger partial charge in [-0.3, -0.25) is 4.90 Å². The van der Waals surface area contributed by atoms with Crippen LogP contribution in [-0.2, 0) is 17.8 Å². The summed E-state index contributed by atoms with van der Waals surface area (Å²) in [5.74, 6) is 0.857. The van der Waals surface area contributed by atoms with E-state index in [4.69, 9.17) is 4.74 Å². The Kier molecular flexibility index (Phi) is 6.05. The van der Waals surface area contributed by atoms with Gasteiger partial charge < -0.3 is 10.1 Å². The second-order valence-corrected chi connectivity index (χ2v) is 7.63. The lowest BCUT2D eigenvalue weighted by molar-refractivity contribution is 0.0523. The zero-order valence-corrected chi connectivity index (χ0v) is 14.9. The first-order valence-electron chi connectivity index (χ1n) is 8.59. The van der Waals surface area contributed by atoms with Crippen molar-refractivity contribution in [2.24, 2.45) is 5.92 Å². The van der Waals surface area contributed by atoms with Crippen LogP contribution in [0.15, 0.2) is 24.3 Å². The summed E-state index contributed by atoms with van der Waals surface area (Å²) in [6.07, 6.45) is 2.22. The van der Waals surface area contributed by atoms with E-state index in [1.807, 2.05) is 26.8 Å². The van der Waals surface area contributed by atoms with Gasteiger partial charge in [-0.15, -0.1) is 0 Å². The number of amides is 1. The molecule has 4 heteroatoms. The average molecular weight is 318 g/mol. The molecule has 0 spiro atoms. The summed E-state index contributed by atoms with van der Waals surface area (Å²) in [5.41, 5.74) is 1.96. The molecular weight excluding hydrogens is 288 g/mol. The molecule has 0 atom stereocenters. The van der Waals surface area contributed by atoms with Crippen molar-refractivity contribution in [3.8, 4) is 0 Å². The number of nitrogens with zero attached hydrogens (tertiary/aromatic N) is 1. The number of carbonyl (C=O) groups is 1. The number of nitrogens with one attached hydrogen (secondary N) is 1. The highest BCUT2D eigenvalue weighted by Gasteiger charge is 2.17. The van der Waals surface area contributed by atoms with Crippen LogP contribution in [0.2, 0.25) is 0 Å². The van der Waals surface area contributed by atoms with Gasteiger partial charge in [-0.2, -0.15) is 0 Å². The van der Waals surface area contributed by atoms with Crippen molar-refractivity contribution < 1.29 is 9.53 Å². The molecule has 1 aromatic rings. The minimum Gasteiger partial charge on any atom is -0.444 e. The van der Waals surface area contributed by atoms with Crippen molar-refractivity contribution in [1.82, 2.24) is 10.2 Å². The molecule has 1 heterocycles. The minimum absolute atomic E-state index is 0.368. The molecule has 0 aliphatic carbocycles. The Morgan fingerprint density at radius 2 is 1.91 bits per heavy atom. The molecule has 1 N–H and O–H groups in total. The fourth-order valence-corrected chi connectivity index (χ4v) is 2.80. The summed E-state index contributed by atoms with van der Waals surface area (Å²) in [6.45, 7) is 11.8. The standard InChI is InChI=1S/C19H30N2O2/c1-15-8-10-21(11-9-15)14-17-7-5-6-16(12-17)13-20-18(22)23-19(2,3)4/h5-7,12,15H,8-11,13-14H2,1-4H3,(H,20,22). The zero-order chi connectivity index (χ0) is 16.9. The van der Waals surface area contributed by atoms with Crippen LogP contribution in [0.25, 0.3) is 0 Å². The van der Waals surface area contributed by atoms with Crippen LogP contribution in [0.5, 0.6) is 0 Å². The van der Waals surface area contributed by atoms with Gasteiger partial charge >= 0.3 is 6.09 Å². The maximum absolute atomic E-state index is 11.7. The van der Waals surface area contributed by atoms with E-state index in [-0.39, 0.29) is 6.09 Å². The third kappa shape index (κ3) is 6.61. The molecule has 1 aliphatic rings. The predicted octanol–water partition coefficient (Wildman–Crippen LogP) is 3.94. The quantitative estimate of drug-likeness (QED) is 0.914. The van der Waals surface area contributed by atoms with Gasteiger partial charge in [-0.25, -0.2) is 4.79 Å². The van der Waals surface area contributed by atoms with Gasteiger partial charge in [0.15, 0.2) is 0 Å². The number of likely N-dealkylation sites (tertiary alicyclic amines) is 1.